The summed E-state index contributed by atoms with van der Waals surface area (Å²) < 4.78 is 0. The van der Waals surface area contributed by atoms with E-state index in [0.29, 0.717) is 18.5 Å². The first kappa shape index (κ1) is 15.8. The summed E-state index contributed by atoms with van der Waals surface area (Å²) in [4.78, 5) is 16.1. The van der Waals surface area contributed by atoms with Crippen LogP contribution in [0.3, 0.4) is 0 Å². The van der Waals surface area contributed by atoms with Crippen molar-refractivity contribution < 1.29 is 4.79 Å². The Bertz CT molecular complexity index is 465. The van der Waals surface area contributed by atoms with E-state index in [-0.39, 0.29) is 6.03 Å². The number of benzene rings is 1. The van der Waals surface area contributed by atoms with Crippen LogP contribution in [-0.2, 0) is 13.1 Å². The van der Waals surface area contributed by atoms with Crippen molar-refractivity contribution in [2.45, 2.75) is 38.9 Å². The molecular formula is C17H27N3O. The fourth-order valence-corrected chi connectivity index (χ4v) is 2.51. The topological polar surface area (TPSA) is 35.6 Å². The minimum Gasteiger partial charge on any atom is -0.334 e. The molecule has 1 fully saturated rings. The zero-order chi connectivity index (χ0) is 15.4. The molecular weight excluding hydrogens is 262 g/mol. The van der Waals surface area contributed by atoms with Gasteiger partial charge in [-0.05, 0) is 50.9 Å². The van der Waals surface area contributed by atoms with Crippen LogP contribution in [0.1, 0.15) is 30.9 Å². The van der Waals surface area contributed by atoms with Crippen LogP contribution in [0.25, 0.3) is 0 Å². The van der Waals surface area contributed by atoms with Crippen LogP contribution in [0, 0.1) is 5.92 Å². The van der Waals surface area contributed by atoms with Crippen molar-refractivity contribution in [3.8, 4) is 0 Å². The summed E-state index contributed by atoms with van der Waals surface area (Å²) in [7, 11) is 6.01. The lowest BCUT2D eigenvalue weighted by Gasteiger charge is -2.25. The first-order valence-corrected chi connectivity index (χ1v) is 7.70. The molecule has 2 amide bonds. The predicted octanol–water partition coefficient (Wildman–Crippen LogP) is 2.69. The number of nitrogens with zero attached hydrogens (tertiary/aromatic N) is 2. The molecule has 1 aliphatic carbocycles. The highest BCUT2D eigenvalue weighted by atomic mass is 16.2. The molecule has 1 aliphatic rings. The predicted molar refractivity (Wildman–Crippen MR) is 86.0 cm³/mol. The zero-order valence-corrected chi connectivity index (χ0v) is 13.6. The van der Waals surface area contributed by atoms with Crippen molar-refractivity contribution in [2.75, 3.05) is 21.1 Å². The number of hydrogen-bond acceptors (Lipinski definition) is 2. The lowest BCUT2D eigenvalue weighted by molar-refractivity contribution is 0.187. The van der Waals surface area contributed by atoms with Gasteiger partial charge < -0.3 is 15.1 Å². The molecule has 0 aromatic heterocycles. The highest BCUT2D eigenvalue weighted by molar-refractivity contribution is 5.74. The molecule has 4 heteroatoms. The molecule has 116 valence electrons. The second-order valence-electron chi connectivity index (χ2n) is 6.40. The van der Waals surface area contributed by atoms with Gasteiger partial charge in [-0.1, -0.05) is 24.3 Å². The SMILES string of the molecule is CC(C1CC1)N(C)C(=O)NCc1ccc(CN(C)C)cc1. The molecule has 0 spiro atoms. The first-order valence-electron chi connectivity index (χ1n) is 7.70. The summed E-state index contributed by atoms with van der Waals surface area (Å²) in [6.07, 6.45) is 2.51. The fraction of sp³-hybridized carbons (Fsp3) is 0.588. The summed E-state index contributed by atoms with van der Waals surface area (Å²) in [6, 6.07) is 8.78. The van der Waals surface area contributed by atoms with Crippen molar-refractivity contribution in [3.63, 3.8) is 0 Å². The van der Waals surface area contributed by atoms with Crippen LogP contribution in [0.5, 0.6) is 0 Å². The van der Waals surface area contributed by atoms with Crippen LogP contribution in [0.15, 0.2) is 24.3 Å². The average Bonchev–Trinajstić information content (AvgIpc) is 3.28. The van der Waals surface area contributed by atoms with Gasteiger partial charge in [0.25, 0.3) is 0 Å². The Hall–Kier alpha value is -1.55. The van der Waals surface area contributed by atoms with E-state index in [0.717, 1.165) is 12.1 Å². The number of urea groups is 1. The van der Waals surface area contributed by atoms with E-state index in [1.807, 2.05) is 11.9 Å². The third-order valence-electron chi connectivity index (χ3n) is 4.20. The standard InChI is InChI=1S/C17H27N3O/c1-13(16-9-10-16)20(4)17(21)18-11-14-5-7-15(8-6-14)12-19(2)3/h5-8,13,16H,9-12H2,1-4H3,(H,18,21). The van der Waals surface area contributed by atoms with Gasteiger partial charge in [0, 0.05) is 26.2 Å². The van der Waals surface area contributed by atoms with Crippen LogP contribution >= 0.6 is 0 Å². The molecule has 21 heavy (non-hydrogen) atoms. The molecule has 0 radical (unpaired) electrons. The van der Waals surface area contributed by atoms with Gasteiger partial charge in [-0.2, -0.15) is 0 Å². The van der Waals surface area contributed by atoms with Gasteiger partial charge in [0.2, 0.25) is 0 Å². The Balaban J connectivity index is 1.80. The van der Waals surface area contributed by atoms with E-state index < -0.39 is 0 Å². The van der Waals surface area contributed by atoms with Gasteiger partial charge >= 0.3 is 6.03 Å². The monoisotopic (exact) mass is 289 g/mol. The number of carbonyl (C=O) groups excluding carboxylic acids is 1. The maximum absolute atomic E-state index is 12.1. The minimum absolute atomic E-state index is 0.0202. The molecule has 2 rings (SSSR count). The molecule has 0 bridgehead atoms. The third kappa shape index (κ3) is 4.74. The second-order valence-corrected chi connectivity index (χ2v) is 6.40. The van der Waals surface area contributed by atoms with Crippen molar-refractivity contribution >= 4 is 6.03 Å². The highest BCUT2D eigenvalue weighted by Crippen LogP contribution is 2.34. The molecule has 0 saturated heterocycles. The summed E-state index contributed by atoms with van der Waals surface area (Å²) in [6.45, 7) is 3.66. The Morgan fingerprint density at radius 3 is 2.29 bits per heavy atom. The summed E-state index contributed by atoms with van der Waals surface area (Å²) in [5.74, 6) is 0.700. The summed E-state index contributed by atoms with van der Waals surface area (Å²) >= 11 is 0. The van der Waals surface area contributed by atoms with E-state index in [1.54, 1.807) is 0 Å². The lowest BCUT2D eigenvalue weighted by Crippen LogP contribution is -2.42. The Morgan fingerprint density at radius 1 is 1.19 bits per heavy atom. The fourth-order valence-electron chi connectivity index (χ4n) is 2.51. The van der Waals surface area contributed by atoms with Gasteiger partial charge in [0.15, 0.2) is 0 Å². The number of carbonyl (C=O) groups is 1. The summed E-state index contributed by atoms with van der Waals surface area (Å²) in [5, 5.41) is 3.00. The van der Waals surface area contributed by atoms with Gasteiger partial charge in [-0.15, -0.1) is 0 Å². The molecule has 1 atom stereocenters. The Kier molecular flexibility index (Phi) is 5.23. The van der Waals surface area contributed by atoms with Crippen molar-refractivity contribution in [1.82, 2.24) is 15.1 Å². The number of amides is 2. The maximum atomic E-state index is 12.1. The van der Waals surface area contributed by atoms with Gasteiger partial charge in [-0.25, -0.2) is 4.79 Å². The molecule has 1 unspecified atom stereocenters. The zero-order valence-electron chi connectivity index (χ0n) is 13.6. The molecule has 1 aromatic carbocycles. The maximum Gasteiger partial charge on any atom is 0.317 e. The van der Waals surface area contributed by atoms with Crippen molar-refractivity contribution in [1.29, 1.82) is 0 Å². The Labute approximate surface area is 128 Å². The smallest absolute Gasteiger partial charge is 0.317 e. The molecule has 0 aliphatic heterocycles. The third-order valence-corrected chi connectivity index (χ3v) is 4.20. The van der Waals surface area contributed by atoms with Gasteiger partial charge in [0.1, 0.15) is 0 Å². The molecule has 1 aromatic rings. The van der Waals surface area contributed by atoms with E-state index in [1.165, 1.54) is 18.4 Å². The largest absolute Gasteiger partial charge is 0.334 e. The van der Waals surface area contributed by atoms with E-state index in [4.69, 9.17) is 0 Å². The van der Waals surface area contributed by atoms with Crippen LogP contribution in [-0.4, -0.2) is 43.0 Å². The van der Waals surface area contributed by atoms with Crippen molar-refractivity contribution in [3.05, 3.63) is 35.4 Å². The second kappa shape index (κ2) is 6.94. The lowest BCUT2D eigenvalue weighted by atomic mass is 10.1. The van der Waals surface area contributed by atoms with E-state index >= 15 is 0 Å². The van der Waals surface area contributed by atoms with E-state index in [9.17, 15) is 4.79 Å². The number of rotatable bonds is 6. The van der Waals surface area contributed by atoms with Crippen molar-refractivity contribution in [2.24, 2.45) is 5.92 Å². The number of hydrogen-bond donors (Lipinski definition) is 1. The van der Waals surface area contributed by atoms with Crippen LogP contribution in [0.4, 0.5) is 4.79 Å². The van der Waals surface area contributed by atoms with Gasteiger partial charge in [0.05, 0.1) is 0 Å². The quantitative estimate of drug-likeness (QED) is 0.874. The first-order chi connectivity index (χ1) is 9.97. The highest BCUT2D eigenvalue weighted by Gasteiger charge is 2.32. The van der Waals surface area contributed by atoms with Crippen LogP contribution < -0.4 is 5.32 Å². The number of nitrogens with one attached hydrogen (secondary N) is 1. The minimum atomic E-state index is 0.0202. The van der Waals surface area contributed by atoms with Gasteiger partial charge in [-0.3, -0.25) is 0 Å². The molecule has 0 heterocycles. The Morgan fingerprint density at radius 2 is 1.76 bits per heavy atom. The molecule has 1 N–H and O–H groups in total. The normalized spacial score (nSPS) is 15.9. The molecule has 4 nitrogen and oxygen atoms in total. The van der Waals surface area contributed by atoms with Crippen LogP contribution in [0.2, 0.25) is 0 Å². The average molecular weight is 289 g/mol. The summed E-state index contributed by atoms with van der Waals surface area (Å²) in [5.41, 5.74) is 2.42. The van der Waals surface area contributed by atoms with E-state index in [2.05, 4.69) is 55.5 Å². The molecule has 1 saturated carbocycles.